The highest BCUT2D eigenvalue weighted by Crippen LogP contribution is 2.19. The molecule has 156 valence electrons. The molecule has 1 N–H and O–H groups in total. The number of nitrogens with one attached hydrogen (secondary N) is 1. The number of benzene rings is 3. The summed E-state index contributed by atoms with van der Waals surface area (Å²) in [5.41, 5.74) is 1.46. The third-order valence-electron chi connectivity index (χ3n) is 5.44. The zero-order valence-corrected chi connectivity index (χ0v) is 16.6. The molecule has 1 unspecified atom stereocenters. The van der Waals surface area contributed by atoms with E-state index in [9.17, 15) is 13.6 Å². The van der Waals surface area contributed by atoms with Gasteiger partial charge in [-0.25, -0.2) is 8.78 Å². The van der Waals surface area contributed by atoms with Crippen molar-refractivity contribution >= 4 is 16.7 Å². The van der Waals surface area contributed by atoms with Crippen LogP contribution in [-0.4, -0.2) is 43.2 Å². The van der Waals surface area contributed by atoms with Crippen LogP contribution in [0.2, 0.25) is 0 Å². The maximum absolute atomic E-state index is 13.9. The Balaban J connectivity index is 1.30. The van der Waals surface area contributed by atoms with Crippen LogP contribution in [0.3, 0.4) is 0 Å². The molecule has 1 heterocycles. The topological polar surface area (TPSA) is 41.6 Å². The van der Waals surface area contributed by atoms with Gasteiger partial charge in [-0.15, -0.1) is 0 Å². The van der Waals surface area contributed by atoms with E-state index in [1.807, 2.05) is 12.1 Å². The first kappa shape index (κ1) is 20.4. The summed E-state index contributed by atoms with van der Waals surface area (Å²) in [6.07, 6.45) is 0.692. The van der Waals surface area contributed by atoms with Crippen LogP contribution >= 0.6 is 0 Å². The molecule has 0 spiro atoms. The maximum Gasteiger partial charge on any atom is 0.248 e. The lowest BCUT2D eigenvalue weighted by Gasteiger charge is -2.33. The van der Waals surface area contributed by atoms with E-state index in [1.54, 1.807) is 0 Å². The standard InChI is InChI=1S/C24H24F2N2O2/c25-22-10-4-8-19(24(22)26)14-28-15-20(30-16-23(28)29)13-27-12-11-18-7-3-6-17-5-1-2-9-21(17)18/h1-10,20,27H,11-16H2. The zero-order valence-electron chi connectivity index (χ0n) is 16.6. The van der Waals surface area contributed by atoms with Gasteiger partial charge in [-0.1, -0.05) is 54.6 Å². The van der Waals surface area contributed by atoms with Crippen molar-refractivity contribution in [1.29, 1.82) is 0 Å². The summed E-state index contributed by atoms with van der Waals surface area (Å²) >= 11 is 0. The van der Waals surface area contributed by atoms with Crippen molar-refractivity contribution in [2.24, 2.45) is 0 Å². The number of halogens is 2. The Morgan fingerprint density at radius 1 is 1.00 bits per heavy atom. The highest BCUT2D eigenvalue weighted by Gasteiger charge is 2.27. The minimum Gasteiger partial charge on any atom is -0.365 e. The summed E-state index contributed by atoms with van der Waals surface area (Å²) in [5.74, 6) is -2.02. The van der Waals surface area contributed by atoms with Crippen LogP contribution in [0, 0.1) is 11.6 Å². The number of ether oxygens (including phenoxy) is 1. The van der Waals surface area contributed by atoms with E-state index in [0.717, 1.165) is 19.0 Å². The van der Waals surface area contributed by atoms with Gasteiger partial charge < -0.3 is 15.0 Å². The normalized spacial score (nSPS) is 16.9. The van der Waals surface area contributed by atoms with Gasteiger partial charge in [-0.3, -0.25) is 4.79 Å². The molecule has 4 rings (SSSR count). The van der Waals surface area contributed by atoms with E-state index in [0.29, 0.717) is 13.1 Å². The molecule has 1 fully saturated rings. The quantitative estimate of drug-likeness (QED) is 0.605. The fraction of sp³-hybridized carbons (Fsp3) is 0.292. The molecule has 3 aromatic carbocycles. The first-order chi connectivity index (χ1) is 14.6. The van der Waals surface area contributed by atoms with E-state index in [2.05, 4.69) is 35.6 Å². The largest absolute Gasteiger partial charge is 0.365 e. The molecule has 1 amide bonds. The zero-order chi connectivity index (χ0) is 20.9. The van der Waals surface area contributed by atoms with Crippen LogP contribution in [-0.2, 0) is 22.5 Å². The highest BCUT2D eigenvalue weighted by atomic mass is 19.2. The second-order valence-electron chi connectivity index (χ2n) is 7.51. The predicted molar refractivity (Wildman–Crippen MR) is 112 cm³/mol. The Morgan fingerprint density at radius 3 is 2.67 bits per heavy atom. The number of morpholine rings is 1. The van der Waals surface area contributed by atoms with Gasteiger partial charge in [0.1, 0.15) is 6.61 Å². The summed E-state index contributed by atoms with van der Waals surface area (Å²) in [6.45, 7) is 1.70. The number of fused-ring (bicyclic) bond motifs is 1. The fourth-order valence-corrected chi connectivity index (χ4v) is 3.83. The average Bonchev–Trinajstić information content (AvgIpc) is 2.76. The van der Waals surface area contributed by atoms with Crippen LogP contribution < -0.4 is 5.32 Å². The molecule has 0 aliphatic carbocycles. The molecule has 1 atom stereocenters. The summed E-state index contributed by atoms with van der Waals surface area (Å²) in [4.78, 5) is 13.7. The molecule has 0 saturated carbocycles. The molecule has 3 aromatic rings. The van der Waals surface area contributed by atoms with Crippen LogP contribution in [0.1, 0.15) is 11.1 Å². The molecule has 0 radical (unpaired) electrons. The molecular weight excluding hydrogens is 386 g/mol. The summed E-state index contributed by atoms with van der Waals surface area (Å²) in [5, 5.41) is 5.87. The monoisotopic (exact) mass is 410 g/mol. The lowest BCUT2D eigenvalue weighted by Crippen LogP contribution is -2.49. The minimum atomic E-state index is -0.903. The van der Waals surface area contributed by atoms with Gasteiger partial charge in [0.2, 0.25) is 5.91 Å². The van der Waals surface area contributed by atoms with Gasteiger partial charge in [-0.05, 0) is 35.4 Å². The number of hydrogen-bond donors (Lipinski definition) is 1. The first-order valence-corrected chi connectivity index (χ1v) is 10.1. The molecule has 1 saturated heterocycles. The second-order valence-corrected chi connectivity index (χ2v) is 7.51. The van der Waals surface area contributed by atoms with Crippen molar-refractivity contribution in [3.8, 4) is 0 Å². The Labute approximate surface area is 174 Å². The molecule has 4 nitrogen and oxygen atoms in total. The molecule has 30 heavy (non-hydrogen) atoms. The Kier molecular flexibility index (Phi) is 6.35. The van der Waals surface area contributed by atoms with Crippen molar-refractivity contribution in [3.63, 3.8) is 0 Å². The van der Waals surface area contributed by atoms with E-state index >= 15 is 0 Å². The number of carbonyl (C=O) groups excluding carboxylic acids is 1. The minimum absolute atomic E-state index is 0.0400. The molecule has 1 aliphatic rings. The molecule has 6 heteroatoms. The fourth-order valence-electron chi connectivity index (χ4n) is 3.83. The number of amides is 1. The van der Waals surface area contributed by atoms with Crippen molar-refractivity contribution < 1.29 is 18.3 Å². The van der Waals surface area contributed by atoms with Gasteiger partial charge in [0.15, 0.2) is 11.6 Å². The summed E-state index contributed by atoms with van der Waals surface area (Å²) in [7, 11) is 0. The lowest BCUT2D eigenvalue weighted by atomic mass is 10.0. The van der Waals surface area contributed by atoms with Gasteiger partial charge in [-0.2, -0.15) is 0 Å². The van der Waals surface area contributed by atoms with Crippen LogP contribution in [0.25, 0.3) is 10.8 Å². The van der Waals surface area contributed by atoms with Gasteiger partial charge in [0.05, 0.1) is 6.10 Å². The van der Waals surface area contributed by atoms with Crippen molar-refractivity contribution in [1.82, 2.24) is 10.2 Å². The SMILES string of the molecule is O=C1COC(CNCCc2cccc3ccccc23)CN1Cc1cccc(F)c1F. The highest BCUT2D eigenvalue weighted by molar-refractivity contribution is 5.85. The smallest absolute Gasteiger partial charge is 0.248 e. The Bertz CT molecular complexity index is 1040. The van der Waals surface area contributed by atoms with Crippen LogP contribution in [0.4, 0.5) is 8.78 Å². The number of carbonyl (C=O) groups is 1. The summed E-state index contributed by atoms with van der Waals surface area (Å²) in [6, 6.07) is 18.6. The molecule has 0 aromatic heterocycles. The number of rotatable bonds is 7. The van der Waals surface area contributed by atoms with Gasteiger partial charge in [0, 0.05) is 25.2 Å². The van der Waals surface area contributed by atoms with E-state index in [-0.39, 0.29) is 30.7 Å². The first-order valence-electron chi connectivity index (χ1n) is 10.1. The third kappa shape index (κ3) is 4.66. The van der Waals surface area contributed by atoms with E-state index < -0.39 is 11.6 Å². The van der Waals surface area contributed by atoms with Crippen molar-refractivity contribution in [2.75, 3.05) is 26.2 Å². The van der Waals surface area contributed by atoms with Crippen molar-refractivity contribution in [3.05, 3.63) is 83.4 Å². The lowest BCUT2D eigenvalue weighted by molar-refractivity contribution is -0.149. The van der Waals surface area contributed by atoms with Crippen LogP contribution in [0.5, 0.6) is 0 Å². The molecule has 0 bridgehead atoms. The number of hydrogen-bond acceptors (Lipinski definition) is 3. The Morgan fingerprint density at radius 2 is 1.77 bits per heavy atom. The predicted octanol–water partition coefficient (Wildman–Crippen LogP) is 3.68. The second kappa shape index (κ2) is 9.32. The molecular formula is C24H24F2N2O2. The van der Waals surface area contributed by atoms with Crippen molar-refractivity contribution in [2.45, 2.75) is 19.1 Å². The van der Waals surface area contributed by atoms with Gasteiger partial charge in [0.25, 0.3) is 0 Å². The third-order valence-corrected chi connectivity index (χ3v) is 5.44. The van der Waals surface area contributed by atoms with E-state index in [1.165, 1.54) is 33.4 Å². The Hall–Kier alpha value is -2.83. The average molecular weight is 410 g/mol. The maximum atomic E-state index is 13.9. The summed E-state index contributed by atoms with van der Waals surface area (Å²) < 4.78 is 33.0. The molecule has 1 aliphatic heterocycles. The van der Waals surface area contributed by atoms with E-state index in [4.69, 9.17) is 4.74 Å². The van der Waals surface area contributed by atoms with Gasteiger partial charge >= 0.3 is 0 Å². The van der Waals surface area contributed by atoms with Crippen LogP contribution in [0.15, 0.2) is 60.7 Å². The number of nitrogens with zero attached hydrogens (tertiary/aromatic N) is 1.